The SMILES string of the molecule is Cc1ccc(C)c(CSC2=NC3(CCN(C)CC3)Nc3ccccc32)c1. The second-order valence-corrected chi connectivity index (χ2v) is 8.61. The monoisotopic (exact) mass is 365 g/mol. The Bertz CT molecular complexity index is 835. The number of nitrogens with one attached hydrogen (secondary N) is 1. The third-order valence-electron chi connectivity index (χ3n) is 5.52. The highest BCUT2D eigenvalue weighted by Crippen LogP contribution is 2.37. The highest BCUT2D eigenvalue weighted by molar-refractivity contribution is 8.13. The molecule has 1 spiro atoms. The molecule has 0 unspecified atom stereocenters. The van der Waals surface area contributed by atoms with Crippen molar-refractivity contribution in [2.75, 3.05) is 25.5 Å². The molecule has 3 nitrogen and oxygen atoms in total. The highest BCUT2D eigenvalue weighted by Gasteiger charge is 2.37. The largest absolute Gasteiger partial charge is 0.361 e. The number of aliphatic imine (C=N–C) groups is 1. The number of anilines is 1. The number of likely N-dealkylation sites (tertiary alicyclic amines) is 1. The first-order chi connectivity index (χ1) is 12.5. The molecule has 136 valence electrons. The van der Waals surface area contributed by atoms with E-state index in [0.717, 1.165) is 31.7 Å². The Kier molecular flexibility index (Phi) is 4.80. The van der Waals surface area contributed by atoms with Crippen LogP contribution in [0, 0.1) is 13.8 Å². The van der Waals surface area contributed by atoms with E-state index < -0.39 is 0 Å². The molecule has 0 atom stereocenters. The lowest BCUT2D eigenvalue weighted by atomic mass is 9.95. The molecule has 1 N–H and O–H groups in total. The number of aryl methyl sites for hydroxylation is 2. The van der Waals surface area contributed by atoms with Crippen LogP contribution in [0.25, 0.3) is 0 Å². The zero-order chi connectivity index (χ0) is 18.1. The number of thioether (sulfide) groups is 1. The van der Waals surface area contributed by atoms with Crippen LogP contribution in [0.2, 0.25) is 0 Å². The molecule has 0 radical (unpaired) electrons. The second kappa shape index (κ2) is 7.09. The fourth-order valence-corrected chi connectivity index (χ4v) is 4.93. The lowest BCUT2D eigenvalue weighted by Gasteiger charge is -2.42. The van der Waals surface area contributed by atoms with Crippen LogP contribution >= 0.6 is 11.8 Å². The van der Waals surface area contributed by atoms with E-state index in [2.05, 4.69) is 73.6 Å². The maximum atomic E-state index is 5.26. The van der Waals surface area contributed by atoms with Gasteiger partial charge in [0.1, 0.15) is 10.7 Å². The summed E-state index contributed by atoms with van der Waals surface area (Å²) in [5.41, 5.74) is 6.43. The van der Waals surface area contributed by atoms with Gasteiger partial charge >= 0.3 is 0 Å². The minimum atomic E-state index is -0.134. The fraction of sp³-hybridized carbons (Fsp3) is 0.409. The molecule has 0 aliphatic carbocycles. The first kappa shape index (κ1) is 17.6. The molecule has 4 rings (SSSR count). The summed E-state index contributed by atoms with van der Waals surface area (Å²) < 4.78 is 0. The van der Waals surface area contributed by atoms with E-state index in [4.69, 9.17) is 4.99 Å². The summed E-state index contributed by atoms with van der Waals surface area (Å²) in [5, 5.41) is 4.94. The molecular weight excluding hydrogens is 338 g/mol. The molecule has 2 aliphatic rings. The van der Waals surface area contributed by atoms with E-state index in [0.29, 0.717) is 0 Å². The van der Waals surface area contributed by atoms with E-state index >= 15 is 0 Å². The molecule has 2 aliphatic heterocycles. The molecule has 1 saturated heterocycles. The maximum absolute atomic E-state index is 5.26. The normalized spacial score (nSPS) is 19.0. The van der Waals surface area contributed by atoms with Gasteiger partial charge in [0, 0.05) is 42.9 Å². The zero-order valence-corrected chi connectivity index (χ0v) is 16.7. The number of piperidine rings is 1. The van der Waals surface area contributed by atoms with Crippen molar-refractivity contribution in [3.05, 3.63) is 64.7 Å². The van der Waals surface area contributed by atoms with Gasteiger partial charge in [0.15, 0.2) is 0 Å². The molecule has 4 heteroatoms. The van der Waals surface area contributed by atoms with Crippen LogP contribution in [-0.4, -0.2) is 35.7 Å². The van der Waals surface area contributed by atoms with Crippen LogP contribution in [0.5, 0.6) is 0 Å². The van der Waals surface area contributed by atoms with Crippen molar-refractivity contribution in [3.8, 4) is 0 Å². The molecule has 26 heavy (non-hydrogen) atoms. The number of nitrogens with zero attached hydrogens (tertiary/aromatic N) is 2. The summed E-state index contributed by atoms with van der Waals surface area (Å²) in [4.78, 5) is 7.65. The van der Waals surface area contributed by atoms with Gasteiger partial charge in [-0.3, -0.25) is 0 Å². The molecule has 0 aromatic heterocycles. The van der Waals surface area contributed by atoms with Gasteiger partial charge in [0.25, 0.3) is 0 Å². The van der Waals surface area contributed by atoms with Crippen molar-refractivity contribution in [2.45, 2.75) is 38.1 Å². The van der Waals surface area contributed by atoms with Crippen LogP contribution in [0.1, 0.15) is 35.1 Å². The van der Waals surface area contributed by atoms with Crippen molar-refractivity contribution in [3.63, 3.8) is 0 Å². The molecule has 2 heterocycles. The van der Waals surface area contributed by atoms with E-state index in [1.165, 1.54) is 33.0 Å². The quantitative estimate of drug-likeness (QED) is 0.826. The average Bonchev–Trinajstić information content (AvgIpc) is 2.65. The second-order valence-electron chi connectivity index (χ2n) is 7.64. The summed E-state index contributed by atoms with van der Waals surface area (Å²) in [6.07, 6.45) is 2.12. The first-order valence-corrected chi connectivity index (χ1v) is 10.4. The number of hydrogen-bond donors (Lipinski definition) is 1. The van der Waals surface area contributed by atoms with E-state index in [1.54, 1.807) is 0 Å². The Morgan fingerprint density at radius 2 is 1.88 bits per heavy atom. The van der Waals surface area contributed by atoms with E-state index in [-0.39, 0.29) is 5.66 Å². The fourth-order valence-electron chi connectivity index (χ4n) is 3.75. The van der Waals surface area contributed by atoms with Crippen LogP contribution in [0.15, 0.2) is 47.5 Å². The topological polar surface area (TPSA) is 27.6 Å². The molecule has 2 aromatic rings. The third-order valence-corrected chi connectivity index (χ3v) is 6.56. The standard InChI is InChI=1S/C22H27N3S/c1-16-8-9-17(2)18(14-16)15-26-21-19-6-4-5-7-20(19)23-22(24-21)10-12-25(3)13-11-22/h4-9,14,23H,10-13,15H2,1-3H3. The molecule has 1 fully saturated rings. The van der Waals surface area contributed by atoms with Gasteiger partial charge < -0.3 is 10.2 Å². The van der Waals surface area contributed by atoms with Crippen molar-refractivity contribution in [2.24, 2.45) is 4.99 Å². The Morgan fingerprint density at radius 3 is 2.69 bits per heavy atom. The lowest BCUT2D eigenvalue weighted by molar-refractivity contribution is 0.210. The lowest BCUT2D eigenvalue weighted by Crippen LogP contribution is -2.49. The third kappa shape index (κ3) is 3.53. The Labute approximate surface area is 160 Å². The number of fused-ring (bicyclic) bond motifs is 1. The predicted octanol–water partition coefficient (Wildman–Crippen LogP) is 4.83. The molecular formula is C22H27N3S. The minimum absolute atomic E-state index is 0.134. The van der Waals surface area contributed by atoms with Crippen molar-refractivity contribution in [1.29, 1.82) is 0 Å². The zero-order valence-electron chi connectivity index (χ0n) is 15.9. The maximum Gasteiger partial charge on any atom is 0.133 e. The summed E-state index contributed by atoms with van der Waals surface area (Å²) >= 11 is 1.88. The van der Waals surface area contributed by atoms with Crippen LogP contribution < -0.4 is 5.32 Å². The van der Waals surface area contributed by atoms with Gasteiger partial charge in [-0.25, -0.2) is 4.99 Å². The Hall–Kier alpha value is -1.78. The van der Waals surface area contributed by atoms with Crippen molar-refractivity contribution in [1.82, 2.24) is 4.90 Å². The van der Waals surface area contributed by atoms with Gasteiger partial charge in [0.05, 0.1) is 0 Å². The van der Waals surface area contributed by atoms with Crippen molar-refractivity contribution < 1.29 is 0 Å². The minimum Gasteiger partial charge on any atom is -0.361 e. The number of hydrogen-bond acceptors (Lipinski definition) is 4. The van der Waals surface area contributed by atoms with Gasteiger partial charge in [-0.1, -0.05) is 42.0 Å². The first-order valence-electron chi connectivity index (χ1n) is 9.40. The summed E-state index contributed by atoms with van der Waals surface area (Å²) in [5.74, 6) is 0.969. The number of para-hydroxylation sites is 1. The molecule has 0 amide bonds. The van der Waals surface area contributed by atoms with Crippen LogP contribution in [-0.2, 0) is 5.75 Å². The Morgan fingerprint density at radius 1 is 1.12 bits per heavy atom. The van der Waals surface area contributed by atoms with Crippen LogP contribution in [0.4, 0.5) is 5.69 Å². The average molecular weight is 366 g/mol. The van der Waals surface area contributed by atoms with Gasteiger partial charge in [0.2, 0.25) is 0 Å². The highest BCUT2D eigenvalue weighted by atomic mass is 32.2. The van der Waals surface area contributed by atoms with Crippen LogP contribution in [0.3, 0.4) is 0 Å². The molecule has 0 saturated carbocycles. The molecule has 2 aromatic carbocycles. The van der Waals surface area contributed by atoms with Crippen molar-refractivity contribution >= 4 is 22.5 Å². The molecule has 0 bridgehead atoms. The number of rotatable bonds is 2. The Balaban J connectivity index is 1.63. The predicted molar refractivity (Wildman–Crippen MR) is 113 cm³/mol. The van der Waals surface area contributed by atoms with Gasteiger partial charge in [-0.05, 0) is 38.1 Å². The summed E-state index contributed by atoms with van der Waals surface area (Å²) in [6, 6.07) is 15.3. The van der Waals surface area contributed by atoms with Gasteiger partial charge in [-0.2, -0.15) is 0 Å². The van der Waals surface area contributed by atoms with E-state index in [9.17, 15) is 0 Å². The summed E-state index contributed by atoms with van der Waals surface area (Å²) in [7, 11) is 2.20. The smallest absolute Gasteiger partial charge is 0.133 e. The summed E-state index contributed by atoms with van der Waals surface area (Å²) in [6.45, 7) is 6.55. The number of benzene rings is 2. The van der Waals surface area contributed by atoms with Gasteiger partial charge in [-0.15, -0.1) is 11.8 Å². The van der Waals surface area contributed by atoms with E-state index in [1.807, 2.05) is 11.8 Å².